The van der Waals surface area contributed by atoms with Gasteiger partial charge in [0.2, 0.25) is 6.17 Å². The van der Waals surface area contributed by atoms with Crippen LogP contribution in [0.1, 0.15) is 41.0 Å². The molecule has 0 rings (SSSR count). The standard InChI is InChI=1S/C8H13FO3.C2H6/c1-8(2,3)6(10)4-5(9)7(11)12;1-2/h5H,4H2,1-3H3,(H,11,12);1-2H3. The highest BCUT2D eigenvalue weighted by atomic mass is 19.1. The third-order valence-corrected chi connectivity index (χ3v) is 1.47. The summed E-state index contributed by atoms with van der Waals surface area (Å²) in [4.78, 5) is 21.1. The van der Waals surface area contributed by atoms with Crippen LogP contribution in [0.3, 0.4) is 0 Å². The number of Topliss-reactive ketones (excluding diaryl/α,β-unsaturated/α-hetero) is 1. The number of carboxylic acids is 1. The van der Waals surface area contributed by atoms with Crippen LogP contribution in [0, 0.1) is 5.41 Å². The summed E-state index contributed by atoms with van der Waals surface area (Å²) in [7, 11) is 0. The molecule has 0 aromatic carbocycles. The SMILES string of the molecule is CC.CC(C)(C)C(=O)CC(F)C(=O)O. The van der Waals surface area contributed by atoms with Gasteiger partial charge in [-0.2, -0.15) is 0 Å². The Bertz CT molecular complexity index is 194. The Labute approximate surface area is 84.3 Å². The van der Waals surface area contributed by atoms with Crippen molar-refractivity contribution in [3.05, 3.63) is 0 Å². The van der Waals surface area contributed by atoms with E-state index in [1.807, 2.05) is 13.8 Å². The van der Waals surface area contributed by atoms with Crippen LogP contribution in [0.15, 0.2) is 0 Å². The zero-order valence-electron chi connectivity index (χ0n) is 9.43. The highest BCUT2D eigenvalue weighted by molar-refractivity contribution is 5.88. The first kappa shape index (κ1) is 15.5. The Morgan fingerprint density at radius 2 is 1.64 bits per heavy atom. The van der Waals surface area contributed by atoms with E-state index in [2.05, 4.69) is 0 Å². The summed E-state index contributed by atoms with van der Waals surface area (Å²) in [6.07, 6.45) is -2.62. The number of hydrogen-bond donors (Lipinski definition) is 1. The van der Waals surface area contributed by atoms with Crippen molar-refractivity contribution in [2.24, 2.45) is 5.41 Å². The molecule has 14 heavy (non-hydrogen) atoms. The van der Waals surface area contributed by atoms with Crippen LogP contribution in [-0.4, -0.2) is 23.0 Å². The second kappa shape index (κ2) is 6.51. The smallest absolute Gasteiger partial charge is 0.338 e. The molecule has 0 fully saturated rings. The van der Waals surface area contributed by atoms with Crippen LogP contribution >= 0.6 is 0 Å². The Kier molecular flexibility index (Phi) is 7.23. The van der Waals surface area contributed by atoms with Crippen LogP contribution in [0.25, 0.3) is 0 Å². The van der Waals surface area contributed by atoms with Gasteiger partial charge in [0.25, 0.3) is 0 Å². The predicted octanol–water partition coefficient (Wildman–Crippen LogP) is 2.44. The van der Waals surface area contributed by atoms with Gasteiger partial charge in [-0.1, -0.05) is 34.6 Å². The summed E-state index contributed by atoms with van der Waals surface area (Å²) in [6, 6.07) is 0. The summed E-state index contributed by atoms with van der Waals surface area (Å²) in [5, 5.41) is 8.17. The van der Waals surface area contributed by atoms with Crippen molar-refractivity contribution < 1.29 is 19.1 Å². The molecule has 0 amide bonds. The van der Waals surface area contributed by atoms with Gasteiger partial charge in [0.15, 0.2) is 0 Å². The quantitative estimate of drug-likeness (QED) is 0.771. The normalized spacial score (nSPS) is 12.4. The van der Waals surface area contributed by atoms with Gasteiger partial charge < -0.3 is 5.11 Å². The molecule has 84 valence electrons. The minimum atomic E-state index is -2.07. The number of carbonyl (C=O) groups is 2. The lowest BCUT2D eigenvalue weighted by Crippen LogP contribution is -2.27. The first-order chi connectivity index (χ1) is 6.25. The molecular formula is C10H19FO3. The minimum Gasteiger partial charge on any atom is -0.479 e. The molecule has 1 N–H and O–H groups in total. The maximum Gasteiger partial charge on any atom is 0.338 e. The van der Waals surface area contributed by atoms with E-state index in [4.69, 9.17) is 5.11 Å². The van der Waals surface area contributed by atoms with Gasteiger partial charge in [0.05, 0.1) is 0 Å². The van der Waals surface area contributed by atoms with Gasteiger partial charge >= 0.3 is 5.97 Å². The average Bonchev–Trinajstić information content (AvgIpc) is 2.06. The van der Waals surface area contributed by atoms with Gasteiger partial charge in [-0.15, -0.1) is 0 Å². The van der Waals surface area contributed by atoms with Crippen LogP contribution < -0.4 is 0 Å². The van der Waals surface area contributed by atoms with Gasteiger partial charge in [-0.25, -0.2) is 9.18 Å². The molecule has 3 nitrogen and oxygen atoms in total. The van der Waals surface area contributed by atoms with Crippen molar-refractivity contribution in [1.82, 2.24) is 0 Å². The molecule has 0 bridgehead atoms. The number of alkyl halides is 1. The van der Waals surface area contributed by atoms with E-state index in [0.717, 1.165) is 0 Å². The topological polar surface area (TPSA) is 54.4 Å². The monoisotopic (exact) mass is 206 g/mol. The molecule has 0 aliphatic heterocycles. The number of rotatable bonds is 3. The number of carboxylic acid groups (broad SMARTS) is 1. The van der Waals surface area contributed by atoms with Gasteiger partial charge in [-0.05, 0) is 0 Å². The van der Waals surface area contributed by atoms with E-state index < -0.39 is 24.0 Å². The van der Waals surface area contributed by atoms with Crippen molar-refractivity contribution in [2.45, 2.75) is 47.2 Å². The maximum absolute atomic E-state index is 12.5. The van der Waals surface area contributed by atoms with Crippen molar-refractivity contribution >= 4 is 11.8 Å². The van der Waals surface area contributed by atoms with Crippen molar-refractivity contribution in [2.75, 3.05) is 0 Å². The Balaban J connectivity index is 0. The van der Waals surface area contributed by atoms with Crippen LogP contribution in [0.2, 0.25) is 0 Å². The molecule has 4 heteroatoms. The summed E-state index contributed by atoms with van der Waals surface area (Å²) < 4.78 is 12.5. The molecule has 0 aromatic rings. The molecule has 0 aliphatic rings. The van der Waals surface area contributed by atoms with Crippen molar-refractivity contribution in [3.63, 3.8) is 0 Å². The van der Waals surface area contributed by atoms with E-state index in [0.29, 0.717) is 0 Å². The highest BCUT2D eigenvalue weighted by Crippen LogP contribution is 2.18. The summed E-state index contributed by atoms with van der Waals surface area (Å²) in [5.41, 5.74) is -0.667. The number of ketones is 1. The Morgan fingerprint density at radius 1 is 1.29 bits per heavy atom. The van der Waals surface area contributed by atoms with E-state index >= 15 is 0 Å². The molecule has 0 saturated heterocycles. The van der Waals surface area contributed by atoms with E-state index in [9.17, 15) is 14.0 Å². The van der Waals surface area contributed by atoms with Crippen molar-refractivity contribution in [3.8, 4) is 0 Å². The zero-order valence-corrected chi connectivity index (χ0v) is 9.43. The van der Waals surface area contributed by atoms with Crippen LogP contribution in [0.4, 0.5) is 4.39 Å². The second-order valence-electron chi connectivity index (χ2n) is 3.68. The molecule has 0 spiro atoms. The third-order valence-electron chi connectivity index (χ3n) is 1.47. The fourth-order valence-corrected chi connectivity index (χ4v) is 0.556. The van der Waals surface area contributed by atoms with Gasteiger partial charge in [0.1, 0.15) is 5.78 Å². The number of hydrogen-bond acceptors (Lipinski definition) is 2. The molecule has 0 aromatic heterocycles. The van der Waals surface area contributed by atoms with E-state index in [1.165, 1.54) is 0 Å². The summed E-state index contributed by atoms with van der Waals surface area (Å²) in [6.45, 7) is 8.89. The second-order valence-corrected chi connectivity index (χ2v) is 3.68. The molecule has 1 atom stereocenters. The summed E-state index contributed by atoms with van der Waals surface area (Å²) >= 11 is 0. The van der Waals surface area contributed by atoms with Crippen LogP contribution in [-0.2, 0) is 9.59 Å². The zero-order chi connectivity index (χ0) is 11.9. The molecule has 0 heterocycles. The summed E-state index contributed by atoms with van der Waals surface area (Å²) in [5.74, 6) is -1.95. The van der Waals surface area contributed by atoms with Crippen molar-refractivity contribution in [1.29, 1.82) is 0 Å². The molecule has 1 unspecified atom stereocenters. The first-order valence-corrected chi connectivity index (χ1v) is 4.65. The number of halogens is 1. The number of carbonyl (C=O) groups excluding carboxylic acids is 1. The van der Waals surface area contributed by atoms with E-state index in [-0.39, 0.29) is 5.78 Å². The lowest BCUT2D eigenvalue weighted by molar-refractivity contribution is -0.145. The molecular weight excluding hydrogens is 187 g/mol. The third kappa shape index (κ3) is 6.57. The number of aliphatic carboxylic acids is 1. The largest absolute Gasteiger partial charge is 0.479 e. The van der Waals surface area contributed by atoms with Crippen LogP contribution in [0.5, 0.6) is 0 Å². The van der Waals surface area contributed by atoms with Gasteiger partial charge in [0, 0.05) is 11.8 Å². The molecule has 0 saturated carbocycles. The highest BCUT2D eigenvalue weighted by Gasteiger charge is 2.27. The lowest BCUT2D eigenvalue weighted by Gasteiger charge is -2.16. The lowest BCUT2D eigenvalue weighted by atomic mass is 9.88. The maximum atomic E-state index is 12.5. The Hall–Kier alpha value is -0.930. The predicted molar refractivity (Wildman–Crippen MR) is 53.0 cm³/mol. The molecule has 0 radical (unpaired) electrons. The average molecular weight is 206 g/mol. The van der Waals surface area contributed by atoms with Gasteiger partial charge in [-0.3, -0.25) is 4.79 Å². The Morgan fingerprint density at radius 3 is 1.86 bits per heavy atom. The fraction of sp³-hybridized carbons (Fsp3) is 0.800. The molecule has 0 aliphatic carbocycles. The fourth-order valence-electron chi connectivity index (χ4n) is 0.556. The minimum absolute atomic E-state index is 0.377. The first-order valence-electron chi connectivity index (χ1n) is 4.65. The van der Waals surface area contributed by atoms with E-state index in [1.54, 1.807) is 20.8 Å².